The summed E-state index contributed by atoms with van der Waals surface area (Å²) in [5, 5.41) is 16.4. The topological polar surface area (TPSA) is 155 Å². The minimum absolute atomic E-state index is 0.0695. The first-order valence-electron chi connectivity index (χ1n) is 12.3. The van der Waals surface area contributed by atoms with E-state index < -0.39 is 23.5 Å². The number of carbonyl (C=O) groups is 3. The number of ether oxygens (including phenoxy) is 1. The second kappa shape index (κ2) is 10.1. The molecule has 2 aromatic heterocycles. The number of nitrogens with one attached hydrogen (secondary N) is 4. The third kappa shape index (κ3) is 5.28. The van der Waals surface area contributed by atoms with Gasteiger partial charge in [0.1, 0.15) is 22.9 Å². The van der Waals surface area contributed by atoms with Crippen LogP contribution in [0.15, 0.2) is 54.7 Å². The highest BCUT2D eigenvalue weighted by atomic mass is 16.6. The summed E-state index contributed by atoms with van der Waals surface area (Å²) in [7, 11) is 0. The van der Waals surface area contributed by atoms with Gasteiger partial charge in [-0.25, -0.2) is 14.8 Å². The summed E-state index contributed by atoms with van der Waals surface area (Å²) in [5.41, 5.74) is 6.32. The maximum absolute atomic E-state index is 13.0. The van der Waals surface area contributed by atoms with E-state index in [1.165, 1.54) is 6.20 Å². The Bertz CT molecular complexity index is 1390. The SMILES string of the molecule is CC1(C)OC(=O)c2ccc(Nc3cc(NC(CO)c4ccccc4)c(C(=O)NNC(=O)C4CC4)cn3)nc21. The van der Waals surface area contributed by atoms with Gasteiger partial charge in [0.25, 0.3) is 5.91 Å². The van der Waals surface area contributed by atoms with Crippen molar-refractivity contribution in [2.24, 2.45) is 5.92 Å². The molecular weight excluding hydrogens is 488 g/mol. The molecule has 11 heteroatoms. The standard InChI is InChI=1S/C27H28N6O5/c1-27(2)23-17(26(37)38-27)10-11-21(31-23)30-22-12-19(29-20(14-34)15-6-4-3-5-7-15)18(13-28-22)25(36)33-32-24(35)16-8-9-16/h3-7,10-13,16,20,34H,8-9,14H2,1-2H3,(H,32,35)(H,33,36)(H2,28,29,30,31). The van der Waals surface area contributed by atoms with Crippen LogP contribution in [-0.2, 0) is 15.1 Å². The molecule has 1 aliphatic heterocycles. The van der Waals surface area contributed by atoms with Gasteiger partial charge in [0.15, 0.2) is 0 Å². The molecule has 2 amide bonds. The number of hydrazine groups is 1. The number of hydrogen-bond acceptors (Lipinski definition) is 9. The lowest BCUT2D eigenvalue weighted by Crippen LogP contribution is -2.42. The number of nitrogens with zero attached hydrogens (tertiary/aromatic N) is 2. The van der Waals surface area contributed by atoms with Crippen molar-refractivity contribution >= 4 is 35.1 Å². The van der Waals surface area contributed by atoms with E-state index in [0.717, 1.165) is 18.4 Å². The number of amides is 2. The molecule has 1 aliphatic carbocycles. The van der Waals surface area contributed by atoms with Crippen molar-refractivity contribution in [1.29, 1.82) is 0 Å². The fourth-order valence-electron chi connectivity index (χ4n) is 4.18. The number of hydrogen-bond donors (Lipinski definition) is 5. The molecule has 5 rings (SSSR count). The average molecular weight is 517 g/mol. The van der Waals surface area contributed by atoms with Gasteiger partial charge in [-0.3, -0.25) is 20.4 Å². The molecule has 0 bridgehead atoms. The van der Waals surface area contributed by atoms with Crippen molar-refractivity contribution in [3.05, 3.63) is 77.1 Å². The van der Waals surface area contributed by atoms with Crippen molar-refractivity contribution in [2.75, 3.05) is 17.2 Å². The zero-order valence-corrected chi connectivity index (χ0v) is 20.9. The third-order valence-corrected chi connectivity index (χ3v) is 6.40. The Kier molecular flexibility index (Phi) is 6.68. The molecule has 1 aromatic carbocycles. The number of fused-ring (bicyclic) bond motifs is 1. The normalized spacial score (nSPS) is 16.1. The molecule has 1 unspecified atom stereocenters. The zero-order valence-electron chi connectivity index (χ0n) is 20.9. The van der Waals surface area contributed by atoms with Gasteiger partial charge in [0.05, 0.1) is 29.5 Å². The van der Waals surface area contributed by atoms with Crippen molar-refractivity contribution < 1.29 is 24.2 Å². The van der Waals surface area contributed by atoms with Crippen molar-refractivity contribution in [1.82, 2.24) is 20.8 Å². The molecule has 1 fully saturated rings. The molecular formula is C27H28N6O5. The van der Waals surface area contributed by atoms with Gasteiger partial charge in [-0.15, -0.1) is 0 Å². The first-order chi connectivity index (χ1) is 18.2. The zero-order chi connectivity index (χ0) is 26.9. The quantitative estimate of drug-likeness (QED) is 0.224. The number of benzene rings is 1. The largest absolute Gasteiger partial charge is 0.449 e. The number of aliphatic hydroxyl groups excluding tert-OH is 1. The van der Waals surface area contributed by atoms with Crippen LogP contribution in [-0.4, -0.2) is 39.5 Å². The van der Waals surface area contributed by atoms with Crippen molar-refractivity contribution in [3.63, 3.8) is 0 Å². The van der Waals surface area contributed by atoms with Gasteiger partial charge in [-0.2, -0.15) is 0 Å². The second-order valence-corrected chi connectivity index (χ2v) is 9.74. The van der Waals surface area contributed by atoms with Crippen LogP contribution in [0.1, 0.15) is 64.7 Å². The molecule has 38 heavy (non-hydrogen) atoms. The van der Waals surface area contributed by atoms with Gasteiger partial charge in [-0.1, -0.05) is 30.3 Å². The van der Waals surface area contributed by atoms with Crippen molar-refractivity contribution in [2.45, 2.75) is 38.3 Å². The van der Waals surface area contributed by atoms with E-state index in [4.69, 9.17) is 4.74 Å². The predicted molar refractivity (Wildman–Crippen MR) is 138 cm³/mol. The Balaban J connectivity index is 1.42. The van der Waals surface area contributed by atoms with Gasteiger partial charge < -0.3 is 20.5 Å². The highest BCUT2D eigenvalue weighted by Gasteiger charge is 2.39. The summed E-state index contributed by atoms with van der Waals surface area (Å²) < 4.78 is 5.39. The number of aromatic nitrogens is 2. The lowest BCUT2D eigenvalue weighted by molar-refractivity contribution is -0.123. The Morgan fingerprint density at radius 2 is 1.87 bits per heavy atom. The monoisotopic (exact) mass is 516 g/mol. The van der Waals surface area contributed by atoms with Crippen LogP contribution in [0.3, 0.4) is 0 Å². The second-order valence-electron chi connectivity index (χ2n) is 9.74. The van der Waals surface area contributed by atoms with Crippen LogP contribution >= 0.6 is 0 Å². The maximum Gasteiger partial charge on any atom is 0.341 e. The molecule has 3 aromatic rings. The van der Waals surface area contributed by atoms with E-state index in [0.29, 0.717) is 28.6 Å². The van der Waals surface area contributed by atoms with Crippen molar-refractivity contribution in [3.8, 4) is 0 Å². The number of pyridine rings is 2. The molecule has 0 radical (unpaired) electrons. The summed E-state index contributed by atoms with van der Waals surface area (Å²) in [6.07, 6.45) is 2.98. The minimum atomic E-state index is -0.860. The van der Waals surface area contributed by atoms with Gasteiger partial charge >= 0.3 is 5.97 Å². The van der Waals surface area contributed by atoms with Crippen LogP contribution in [0.25, 0.3) is 0 Å². The van der Waals surface area contributed by atoms with Gasteiger partial charge in [0.2, 0.25) is 5.91 Å². The molecule has 0 spiro atoms. The summed E-state index contributed by atoms with van der Waals surface area (Å²) in [4.78, 5) is 46.0. The smallest absolute Gasteiger partial charge is 0.341 e. The molecule has 1 atom stereocenters. The Hall–Kier alpha value is -4.51. The Morgan fingerprint density at radius 1 is 1.11 bits per heavy atom. The Labute approximate surface area is 219 Å². The molecule has 1 saturated carbocycles. The number of cyclic esters (lactones) is 1. The Morgan fingerprint density at radius 3 is 2.58 bits per heavy atom. The maximum atomic E-state index is 13.0. The molecule has 0 saturated heterocycles. The highest BCUT2D eigenvalue weighted by Crippen LogP contribution is 2.35. The lowest BCUT2D eigenvalue weighted by atomic mass is 10.0. The van der Waals surface area contributed by atoms with Crippen LogP contribution in [0.4, 0.5) is 17.3 Å². The number of esters is 1. The van der Waals surface area contributed by atoms with E-state index in [1.54, 1.807) is 32.0 Å². The molecule has 196 valence electrons. The fraction of sp³-hybridized carbons (Fsp3) is 0.296. The summed E-state index contributed by atoms with van der Waals surface area (Å²) in [6.45, 7) is 3.30. The third-order valence-electron chi connectivity index (χ3n) is 6.40. The lowest BCUT2D eigenvalue weighted by Gasteiger charge is -2.21. The van der Waals surface area contributed by atoms with Crippen LogP contribution in [0.5, 0.6) is 0 Å². The number of anilines is 3. The molecule has 11 nitrogen and oxygen atoms in total. The van der Waals surface area contributed by atoms with E-state index in [9.17, 15) is 19.5 Å². The number of carbonyl (C=O) groups excluding carboxylic acids is 3. The molecule has 5 N–H and O–H groups in total. The summed E-state index contributed by atoms with van der Waals surface area (Å²) in [6, 6.07) is 13.7. The number of aliphatic hydroxyl groups is 1. The number of rotatable bonds is 8. The summed E-state index contributed by atoms with van der Waals surface area (Å²) >= 11 is 0. The van der Waals surface area contributed by atoms with Crippen LogP contribution in [0, 0.1) is 5.92 Å². The van der Waals surface area contributed by atoms with Gasteiger partial charge in [0, 0.05) is 18.2 Å². The molecule has 2 aliphatic rings. The van der Waals surface area contributed by atoms with Gasteiger partial charge in [-0.05, 0) is 44.4 Å². The predicted octanol–water partition coefficient (Wildman–Crippen LogP) is 2.94. The van der Waals surface area contributed by atoms with E-state index in [2.05, 4.69) is 31.5 Å². The highest BCUT2D eigenvalue weighted by molar-refractivity contribution is 6.01. The fourth-order valence-corrected chi connectivity index (χ4v) is 4.18. The minimum Gasteiger partial charge on any atom is -0.449 e. The first kappa shape index (κ1) is 25.2. The van der Waals surface area contributed by atoms with E-state index in [-0.39, 0.29) is 24.0 Å². The van der Waals surface area contributed by atoms with Crippen LogP contribution in [0.2, 0.25) is 0 Å². The first-order valence-corrected chi connectivity index (χ1v) is 12.3. The van der Waals surface area contributed by atoms with E-state index in [1.807, 2.05) is 30.3 Å². The average Bonchev–Trinajstić information content (AvgIpc) is 3.73. The molecule has 3 heterocycles. The van der Waals surface area contributed by atoms with E-state index >= 15 is 0 Å². The van der Waals surface area contributed by atoms with Crippen LogP contribution < -0.4 is 21.5 Å². The summed E-state index contributed by atoms with van der Waals surface area (Å²) in [5.74, 6) is -0.479.